The molecule has 2 atom stereocenters. The molecule has 1 N–H and O–H groups in total. The topological polar surface area (TPSA) is 49.4 Å². The van der Waals surface area contributed by atoms with Crippen LogP contribution in [0.4, 0.5) is 5.69 Å². The van der Waals surface area contributed by atoms with Crippen LogP contribution in [-0.2, 0) is 10.0 Å². The third-order valence-corrected chi connectivity index (χ3v) is 5.40. The quantitative estimate of drug-likeness (QED) is 0.874. The lowest BCUT2D eigenvalue weighted by molar-refractivity contribution is 0.492. The van der Waals surface area contributed by atoms with Crippen molar-refractivity contribution in [3.8, 4) is 0 Å². The molecule has 0 bridgehead atoms. The van der Waals surface area contributed by atoms with Crippen LogP contribution in [0.3, 0.4) is 0 Å². The van der Waals surface area contributed by atoms with Crippen molar-refractivity contribution < 1.29 is 8.42 Å². The smallest absolute Gasteiger partial charge is 0.244 e. The van der Waals surface area contributed by atoms with Crippen molar-refractivity contribution in [2.75, 3.05) is 19.4 Å². The highest BCUT2D eigenvalue weighted by molar-refractivity contribution is 7.89. The Morgan fingerprint density at radius 3 is 2.32 bits per heavy atom. The first-order valence-corrected chi connectivity index (χ1v) is 8.02. The summed E-state index contributed by atoms with van der Waals surface area (Å²) in [5.41, 5.74) is 0.670. The van der Waals surface area contributed by atoms with Crippen molar-refractivity contribution in [1.82, 2.24) is 4.31 Å². The molecule has 0 aliphatic carbocycles. The van der Waals surface area contributed by atoms with Crippen molar-refractivity contribution in [2.24, 2.45) is 5.92 Å². The van der Waals surface area contributed by atoms with Crippen LogP contribution in [0.1, 0.15) is 27.2 Å². The summed E-state index contributed by atoms with van der Waals surface area (Å²) >= 11 is 0. The number of nitrogens with zero attached hydrogens (tertiary/aromatic N) is 1. The summed E-state index contributed by atoms with van der Waals surface area (Å²) in [4.78, 5) is 0.329. The lowest BCUT2D eigenvalue weighted by atomic mass is 10.0. The zero-order valence-electron chi connectivity index (χ0n) is 12.3. The molecule has 0 spiro atoms. The Bertz CT molecular complexity index is 512. The maximum absolute atomic E-state index is 12.3. The highest BCUT2D eigenvalue weighted by Crippen LogP contribution is 2.25. The lowest BCUT2D eigenvalue weighted by Crippen LogP contribution is -2.27. The predicted molar refractivity (Wildman–Crippen MR) is 79.9 cm³/mol. The number of para-hydroxylation sites is 1. The van der Waals surface area contributed by atoms with E-state index in [9.17, 15) is 8.42 Å². The first-order chi connectivity index (χ1) is 8.80. The van der Waals surface area contributed by atoms with Gasteiger partial charge in [-0.15, -0.1) is 0 Å². The third kappa shape index (κ3) is 3.70. The lowest BCUT2D eigenvalue weighted by Gasteiger charge is -2.23. The Morgan fingerprint density at radius 2 is 1.79 bits per heavy atom. The van der Waals surface area contributed by atoms with E-state index < -0.39 is 10.0 Å². The van der Waals surface area contributed by atoms with E-state index in [1.165, 1.54) is 4.31 Å². The van der Waals surface area contributed by atoms with Gasteiger partial charge in [0, 0.05) is 20.1 Å². The number of nitrogens with one attached hydrogen (secondary N) is 1. The first-order valence-electron chi connectivity index (χ1n) is 6.58. The molecule has 0 saturated carbocycles. The number of benzene rings is 1. The van der Waals surface area contributed by atoms with Crippen LogP contribution in [0.2, 0.25) is 0 Å². The fourth-order valence-corrected chi connectivity index (χ4v) is 2.80. The van der Waals surface area contributed by atoms with Crippen LogP contribution in [0, 0.1) is 5.92 Å². The maximum Gasteiger partial charge on any atom is 0.244 e. The van der Waals surface area contributed by atoms with Gasteiger partial charge in [-0.05, 0) is 25.0 Å². The molecule has 0 amide bonds. The van der Waals surface area contributed by atoms with Crippen LogP contribution in [-0.4, -0.2) is 32.9 Å². The Morgan fingerprint density at radius 1 is 1.21 bits per heavy atom. The van der Waals surface area contributed by atoms with Gasteiger partial charge < -0.3 is 5.32 Å². The van der Waals surface area contributed by atoms with Crippen LogP contribution in [0.15, 0.2) is 29.2 Å². The van der Waals surface area contributed by atoms with E-state index in [0.29, 0.717) is 16.5 Å². The molecule has 108 valence electrons. The normalized spacial score (nSPS) is 15.3. The monoisotopic (exact) mass is 284 g/mol. The molecule has 1 aromatic carbocycles. The fraction of sp³-hybridized carbons (Fsp3) is 0.571. The molecule has 1 rings (SSSR count). The number of hydrogen-bond acceptors (Lipinski definition) is 3. The van der Waals surface area contributed by atoms with Gasteiger partial charge >= 0.3 is 0 Å². The Balaban J connectivity index is 3.11. The van der Waals surface area contributed by atoms with E-state index >= 15 is 0 Å². The molecule has 0 aliphatic rings. The van der Waals surface area contributed by atoms with Gasteiger partial charge in [0.15, 0.2) is 0 Å². The molecule has 2 unspecified atom stereocenters. The van der Waals surface area contributed by atoms with E-state index in [0.717, 1.165) is 6.42 Å². The van der Waals surface area contributed by atoms with E-state index in [2.05, 4.69) is 26.1 Å². The summed E-state index contributed by atoms with van der Waals surface area (Å²) in [6.07, 6.45) is 1.05. The molecule has 0 heterocycles. The number of hydrogen-bond donors (Lipinski definition) is 1. The summed E-state index contributed by atoms with van der Waals surface area (Å²) in [6, 6.07) is 7.27. The van der Waals surface area contributed by atoms with Crippen molar-refractivity contribution in [3.63, 3.8) is 0 Å². The molecule has 0 fully saturated rings. The summed E-state index contributed by atoms with van der Waals surface area (Å²) in [7, 11) is -0.323. The second kappa shape index (κ2) is 6.39. The molecular weight excluding hydrogens is 260 g/mol. The second-order valence-corrected chi connectivity index (χ2v) is 7.22. The summed E-state index contributed by atoms with van der Waals surface area (Å²) in [6.45, 7) is 6.36. The Labute approximate surface area is 116 Å². The van der Waals surface area contributed by atoms with Gasteiger partial charge in [0.05, 0.1) is 5.69 Å². The van der Waals surface area contributed by atoms with E-state index in [-0.39, 0.29) is 6.04 Å². The molecular formula is C14H24N2O2S. The van der Waals surface area contributed by atoms with Crippen molar-refractivity contribution in [1.29, 1.82) is 0 Å². The first kappa shape index (κ1) is 16.0. The van der Waals surface area contributed by atoms with E-state index in [1.807, 2.05) is 12.1 Å². The van der Waals surface area contributed by atoms with Gasteiger partial charge in [0.25, 0.3) is 0 Å². The SMILES string of the molecule is CCC(C)C(C)Nc1ccccc1S(=O)(=O)N(C)C. The molecule has 19 heavy (non-hydrogen) atoms. The highest BCUT2D eigenvalue weighted by atomic mass is 32.2. The fourth-order valence-electron chi connectivity index (χ4n) is 1.75. The van der Waals surface area contributed by atoms with Crippen LogP contribution in [0.25, 0.3) is 0 Å². The standard InChI is InChI=1S/C14H24N2O2S/c1-6-11(2)12(3)15-13-9-7-8-10-14(13)19(17,18)16(4)5/h7-12,15H,6H2,1-5H3. The number of anilines is 1. The number of sulfonamides is 1. The zero-order valence-corrected chi connectivity index (χ0v) is 13.2. The van der Waals surface area contributed by atoms with Crippen LogP contribution in [0.5, 0.6) is 0 Å². The molecule has 0 aromatic heterocycles. The van der Waals surface area contributed by atoms with Crippen molar-refractivity contribution in [2.45, 2.75) is 38.1 Å². The molecule has 0 saturated heterocycles. The molecule has 1 aromatic rings. The summed E-state index contributed by atoms with van der Waals surface area (Å²) in [5.74, 6) is 0.482. The molecule has 4 nitrogen and oxygen atoms in total. The Hall–Kier alpha value is -1.07. The minimum atomic E-state index is -3.41. The van der Waals surface area contributed by atoms with E-state index in [1.54, 1.807) is 26.2 Å². The van der Waals surface area contributed by atoms with Crippen molar-refractivity contribution >= 4 is 15.7 Å². The minimum Gasteiger partial charge on any atom is -0.381 e. The van der Waals surface area contributed by atoms with E-state index in [4.69, 9.17) is 0 Å². The van der Waals surface area contributed by atoms with Gasteiger partial charge in [0.2, 0.25) is 10.0 Å². The van der Waals surface area contributed by atoms with Gasteiger partial charge in [-0.25, -0.2) is 12.7 Å². The zero-order chi connectivity index (χ0) is 14.6. The van der Waals surface area contributed by atoms with Gasteiger partial charge in [-0.1, -0.05) is 32.4 Å². The average Bonchev–Trinajstić information content (AvgIpc) is 2.37. The largest absolute Gasteiger partial charge is 0.381 e. The van der Waals surface area contributed by atoms with Crippen LogP contribution < -0.4 is 5.32 Å². The Kier molecular flexibility index (Phi) is 5.38. The molecule has 0 radical (unpaired) electrons. The maximum atomic E-state index is 12.3. The van der Waals surface area contributed by atoms with Gasteiger partial charge in [-0.3, -0.25) is 0 Å². The summed E-state index contributed by atoms with van der Waals surface area (Å²) < 4.78 is 25.8. The third-order valence-electron chi connectivity index (χ3n) is 3.53. The molecule has 5 heteroatoms. The van der Waals surface area contributed by atoms with Gasteiger partial charge in [-0.2, -0.15) is 0 Å². The highest BCUT2D eigenvalue weighted by Gasteiger charge is 2.22. The number of rotatable bonds is 6. The average molecular weight is 284 g/mol. The van der Waals surface area contributed by atoms with Gasteiger partial charge in [0.1, 0.15) is 4.90 Å². The van der Waals surface area contributed by atoms with Crippen LogP contribution >= 0.6 is 0 Å². The predicted octanol–water partition coefficient (Wildman–Crippen LogP) is 2.78. The van der Waals surface area contributed by atoms with Crippen molar-refractivity contribution in [3.05, 3.63) is 24.3 Å². The minimum absolute atomic E-state index is 0.225. The second-order valence-electron chi connectivity index (χ2n) is 5.10. The summed E-state index contributed by atoms with van der Waals surface area (Å²) in [5, 5.41) is 3.32. The molecule has 0 aliphatic heterocycles.